The molecule has 0 radical (unpaired) electrons. The molecule has 0 unspecified atom stereocenters. The Kier molecular flexibility index (Phi) is 1.28. The third-order valence-corrected chi connectivity index (χ3v) is 3.24. The Labute approximate surface area is 72.5 Å². The predicted octanol–water partition coefficient (Wildman–Crippen LogP) is 1.67. The second kappa shape index (κ2) is 1.95. The summed E-state index contributed by atoms with van der Waals surface area (Å²) in [7, 11) is 0. The first-order valence-corrected chi connectivity index (χ1v) is 4.46. The van der Waals surface area contributed by atoms with Gasteiger partial charge in [-0.2, -0.15) is 0 Å². The van der Waals surface area contributed by atoms with Crippen molar-refractivity contribution >= 4 is 6.09 Å². The second-order valence-electron chi connectivity index (χ2n) is 4.62. The molecule has 68 valence electrons. The number of hydrogen-bond acceptors (Lipinski definition) is 2. The molecule has 1 saturated heterocycles. The van der Waals surface area contributed by atoms with Crippen molar-refractivity contribution in [3.63, 3.8) is 0 Å². The van der Waals surface area contributed by atoms with Crippen molar-refractivity contribution in [1.82, 2.24) is 5.32 Å². The van der Waals surface area contributed by atoms with Crippen LogP contribution in [-0.4, -0.2) is 17.2 Å². The lowest BCUT2D eigenvalue weighted by Gasteiger charge is -2.49. The zero-order chi connectivity index (χ0) is 8.98. The van der Waals surface area contributed by atoms with E-state index in [1.165, 1.54) is 0 Å². The zero-order valence-corrected chi connectivity index (χ0v) is 7.81. The van der Waals surface area contributed by atoms with Gasteiger partial charge in [0.2, 0.25) is 0 Å². The molecule has 0 aromatic rings. The fraction of sp³-hybridized carbons (Fsp3) is 0.889. The van der Waals surface area contributed by atoms with Crippen LogP contribution >= 0.6 is 0 Å². The maximum Gasteiger partial charge on any atom is 0.408 e. The molecule has 12 heavy (non-hydrogen) atoms. The van der Waals surface area contributed by atoms with E-state index in [1.54, 1.807) is 0 Å². The van der Waals surface area contributed by atoms with Gasteiger partial charge in [0.1, 0.15) is 5.60 Å². The molecular formula is C9H15NO2. The van der Waals surface area contributed by atoms with Crippen LogP contribution in [-0.2, 0) is 4.74 Å². The third-order valence-electron chi connectivity index (χ3n) is 3.24. The highest BCUT2D eigenvalue weighted by molar-refractivity contribution is 5.72. The third kappa shape index (κ3) is 0.793. The van der Waals surface area contributed by atoms with E-state index in [4.69, 9.17) is 4.74 Å². The minimum atomic E-state index is -0.323. The smallest absolute Gasteiger partial charge is 0.408 e. The predicted molar refractivity (Wildman–Crippen MR) is 44.8 cm³/mol. The largest absolute Gasteiger partial charge is 0.441 e. The lowest BCUT2D eigenvalue weighted by molar-refractivity contribution is -0.0258. The van der Waals surface area contributed by atoms with E-state index in [9.17, 15) is 4.79 Å². The number of carbonyl (C=O) groups excluding carboxylic acids is 1. The maximum absolute atomic E-state index is 11.0. The summed E-state index contributed by atoms with van der Waals surface area (Å²) in [6, 6.07) is 0. The van der Waals surface area contributed by atoms with Crippen LogP contribution in [0.4, 0.5) is 4.79 Å². The fourth-order valence-corrected chi connectivity index (χ4v) is 2.42. The van der Waals surface area contributed by atoms with E-state index in [0.717, 1.165) is 12.8 Å². The van der Waals surface area contributed by atoms with Crippen LogP contribution in [0.1, 0.15) is 33.6 Å². The van der Waals surface area contributed by atoms with Gasteiger partial charge < -0.3 is 10.1 Å². The van der Waals surface area contributed by atoms with Gasteiger partial charge in [-0.1, -0.05) is 6.92 Å². The number of rotatable bonds is 0. The highest BCUT2D eigenvalue weighted by Gasteiger charge is 2.60. The van der Waals surface area contributed by atoms with Crippen LogP contribution in [0.25, 0.3) is 0 Å². The van der Waals surface area contributed by atoms with E-state index in [-0.39, 0.29) is 17.2 Å². The van der Waals surface area contributed by atoms with Gasteiger partial charge in [0, 0.05) is 0 Å². The van der Waals surface area contributed by atoms with Crippen LogP contribution in [0.3, 0.4) is 0 Å². The number of carbonyl (C=O) groups is 1. The minimum absolute atomic E-state index is 0.0660. The van der Waals surface area contributed by atoms with Gasteiger partial charge in [-0.05, 0) is 32.6 Å². The molecule has 2 rings (SSSR count). The molecule has 2 aliphatic rings. The van der Waals surface area contributed by atoms with Gasteiger partial charge in [-0.3, -0.25) is 0 Å². The Hall–Kier alpha value is -0.730. The van der Waals surface area contributed by atoms with Crippen molar-refractivity contribution in [3.05, 3.63) is 0 Å². The Morgan fingerprint density at radius 1 is 1.50 bits per heavy atom. The molecule has 1 aliphatic carbocycles. The Morgan fingerprint density at radius 2 is 2.08 bits per heavy atom. The monoisotopic (exact) mass is 169 g/mol. The first-order chi connectivity index (χ1) is 5.45. The van der Waals surface area contributed by atoms with Crippen molar-refractivity contribution in [2.75, 3.05) is 0 Å². The highest BCUT2D eigenvalue weighted by Crippen LogP contribution is 2.49. The van der Waals surface area contributed by atoms with Crippen molar-refractivity contribution in [2.45, 2.75) is 44.8 Å². The Balaban J connectivity index is 2.21. The molecule has 1 saturated carbocycles. The van der Waals surface area contributed by atoms with Crippen LogP contribution in [0.2, 0.25) is 0 Å². The van der Waals surface area contributed by atoms with E-state index in [1.807, 2.05) is 13.8 Å². The molecule has 2 fully saturated rings. The lowest BCUT2D eigenvalue weighted by Crippen LogP contribution is -2.61. The fourth-order valence-electron chi connectivity index (χ4n) is 2.42. The van der Waals surface area contributed by atoms with Gasteiger partial charge in [0.15, 0.2) is 0 Å². The lowest BCUT2D eigenvalue weighted by atomic mass is 9.62. The maximum atomic E-state index is 11.0. The summed E-state index contributed by atoms with van der Waals surface area (Å²) in [4.78, 5) is 11.0. The quantitative estimate of drug-likeness (QED) is 0.599. The van der Waals surface area contributed by atoms with Gasteiger partial charge in [0.25, 0.3) is 0 Å². The number of alkyl carbamates (subject to hydrolysis) is 1. The molecule has 1 amide bonds. The summed E-state index contributed by atoms with van der Waals surface area (Å²) in [6.07, 6.45) is 1.84. The summed E-state index contributed by atoms with van der Waals surface area (Å²) in [5, 5.41) is 2.93. The van der Waals surface area contributed by atoms with E-state index in [0.29, 0.717) is 5.92 Å². The summed E-state index contributed by atoms with van der Waals surface area (Å²) in [6.45, 7) is 6.17. The molecule has 1 N–H and O–H groups in total. The number of cyclic esters (lactones) is 1. The van der Waals surface area contributed by atoms with Crippen LogP contribution in [0, 0.1) is 5.92 Å². The molecule has 3 nitrogen and oxygen atoms in total. The number of amides is 1. The average molecular weight is 169 g/mol. The van der Waals surface area contributed by atoms with Crippen LogP contribution in [0.5, 0.6) is 0 Å². The summed E-state index contributed by atoms with van der Waals surface area (Å²) in [5.74, 6) is 0.714. The molecular weight excluding hydrogens is 154 g/mol. The van der Waals surface area contributed by atoms with Crippen LogP contribution < -0.4 is 5.32 Å². The summed E-state index contributed by atoms with van der Waals surface area (Å²) >= 11 is 0. The summed E-state index contributed by atoms with van der Waals surface area (Å²) < 4.78 is 5.20. The molecule has 0 atom stereocenters. The topological polar surface area (TPSA) is 38.3 Å². The highest BCUT2D eigenvalue weighted by atomic mass is 16.6. The molecule has 1 heterocycles. The van der Waals surface area contributed by atoms with Gasteiger partial charge in [-0.15, -0.1) is 0 Å². The van der Waals surface area contributed by atoms with Crippen molar-refractivity contribution in [3.8, 4) is 0 Å². The van der Waals surface area contributed by atoms with Gasteiger partial charge >= 0.3 is 6.09 Å². The normalized spacial score (nSPS) is 43.6. The van der Waals surface area contributed by atoms with Crippen molar-refractivity contribution < 1.29 is 9.53 Å². The average Bonchev–Trinajstić information content (AvgIpc) is 2.00. The standard InChI is InChI=1S/C9H15NO2/c1-6-4-9(5-6)8(2,3)12-7(11)10-9/h6H,4-5H2,1-3H3,(H,10,11). The molecule has 1 spiro atoms. The zero-order valence-electron chi connectivity index (χ0n) is 7.81. The number of hydrogen-bond donors (Lipinski definition) is 1. The Bertz CT molecular complexity index is 229. The molecule has 0 aromatic heterocycles. The molecule has 1 aliphatic heterocycles. The van der Waals surface area contributed by atoms with Gasteiger partial charge in [0.05, 0.1) is 5.54 Å². The van der Waals surface area contributed by atoms with Gasteiger partial charge in [-0.25, -0.2) is 4.79 Å². The first-order valence-electron chi connectivity index (χ1n) is 4.46. The van der Waals surface area contributed by atoms with Crippen molar-refractivity contribution in [1.29, 1.82) is 0 Å². The van der Waals surface area contributed by atoms with E-state index in [2.05, 4.69) is 12.2 Å². The minimum Gasteiger partial charge on any atom is -0.441 e. The molecule has 3 heteroatoms. The van der Waals surface area contributed by atoms with Crippen molar-refractivity contribution in [2.24, 2.45) is 5.92 Å². The Morgan fingerprint density at radius 3 is 2.42 bits per heavy atom. The number of nitrogens with one attached hydrogen (secondary N) is 1. The first kappa shape index (κ1) is 7.90. The summed E-state index contributed by atoms with van der Waals surface area (Å²) in [5.41, 5.74) is -0.389. The number of ether oxygens (including phenoxy) is 1. The van der Waals surface area contributed by atoms with E-state index < -0.39 is 0 Å². The SMILES string of the molecule is CC1CC2(C1)NC(=O)OC2(C)C. The second-order valence-corrected chi connectivity index (χ2v) is 4.62. The van der Waals surface area contributed by atoms with Crippen LogP contribution in [0.15, 0.2) is 0 Å². The molecule has 0 aromatic carbocycles. The van der Waals surface area contributed by atoms with E-state index >= 15 is 0 Å². The molecule has 0 bridgehead atoms.